The third-order valence-corrected chi connectivity index (χ3v) is 5.30. The SMILES string of the molecule is Cc1nn(-c2ccc(C(=O)OCC(=O)NC(=O)c3cccs3)cc2)c(C)c1Cl. The van der Waals surface area contributed by atoms with Gasteiger partial charge in [-0.25, -0.2) is 9.48 Å². The maximum Gasteiger partial charge on any atom is 0.338 e. The maximum atomic E-state index is 12.1. The summed E-state index contributed by atoms with van der Waals surface area (Å²) in [5, 5.41) is 8.83. The van der Waals surface area contributed by atoms with E-state index in [1.54, 1.807) is 46.5 Å². The van der Waals surface area contributed by atoms with E-state index in [-0.39, 0.29) is 5.56 Å². The average Bonchev–Trinajstić information content (AvgIpc) is 3.31. The number of carbonyl (C=O) groups excluding carboxylic acids is 3. The van der Waals surface area contributed by atoms with Crippen LogP contribution in [0.2, 0.25) is 5.02 Å². The van der Waals surface area contributed by atoms with Gasteiger partial charge in [-0.15, -0.1) is 11.3 Å². The number of esters is 1. The number of amides is 2. The molecule has 0 atom stereocenters. The Morgan fingerprint density at radius 2 is 1.89 bits per heavy atom. The molecule has 0 bridgehead atoms. The zero-order chi connectivity index (χ0) is 20.3. The first kappa shape index (κ1) is 19.8. The molecule has 0 aliphatic heterocycles. The molecule has 9 heteroatoms. The Kier molecular flexibility index (Phi) is 5.91. The van der Waals surface area contributed by atoms with Gasteiger partial charge >= 0.3 is 5.97 Å². The minimum absolute atomic E-state index is 0.272. The molecule has 1 aromatic carbocycles. The van der Waals surface area contributed by atoms with Crippen LogP contribution in [0.1, 0.15) is 31.4 Å². The molecule has 3 rings (SSSR count). The average molecular weight is 418 g/mol. The molecule has 0 spiro atoms. The van der Waals surface area contributed by atoms with E-state index in [0.717, 1.165) is 11.4 Å². The van der Waals surface area contributed by atoms with Crippen molar-refractivity contribution in [2.75, 3.05) is 6.61 Å². The highest BCUT2D eigenvalue weighted by Gasteiger charge is 2.15. The number of rotatable bonds is 5. The molecule has 0 saturated carbocycles. The van der Waals surface area contributed by atoms with Gasteiger partial charge in [0, 0.05) is 0 Å². The van der Waals surface area contributed by atoms with Gasteiger partial charge in [-0.05, 0) is 49.6 Å². The smallest absolute Gasteiger partial charge is 0.338 e. The topological polar surface area (TPSA) is 90.3 Å². The monoisotopic (exact) mass is 417 g/mol. The number of imide groups is 1. The van der Waals surface area contributed by atoms with Gasteiger partial charge in [-0.1, -0.05) is 17.7 Å². The third kappa shape index (κ3) is 4.29. The molecule has 7 nitrogen and oxygen atoms in total. The lowest BCUT2D eigenvalue weighted by Crippen LogP contribution is -2.33. The fourth-order valence-corrected chi connectivity index (χ4v) is 3.20. The standard InChI is InChI=1S/C19H16ClN3O4S/c1-11-17(20)12(2)23(22-11)14-7-5-13(6-8-14)19(26)27-10-16(24)21-18(25)15-4-3-9-28-15/h3-9H,10H2,1-2H3,(H,21,24,25). The van der Waals surface area contributed by atoms with Crippen molar-refractivity contribution in [3.8, 4) is 5.69 Å². The number of ether oxygens (including phenoxy) is 1. The Labute approximate surface area is 169 Å². The summed E-state index contributed by atoms with van der Waals surface area (Å²) in [7, 11) is 0. The summed E-state index contributed by atoms with van der Waals surface area (Å²) in [6.45, 7) is 3.11. The van der Waals surface area contributed by atoms with E-state index in [4.69, 9.17) is 16.3 Å². The fourth-order valence-electron chi connectivity index (χ4n) is 2.46. The molecule has 0 fully saturated rings. The van der Waals surface area contributed by atoms with Crippen molar-refractivity contribution in [3.63, 3.8) is 0 Å². The minimum atomic E-state index is -0.694. The summed E-state index contributed by atoms with van der Waals surface area (Å²) in [6, 6.07) is 9.83. The predicted molar refractivity (Wildman–Crippen MR) is 105 cm³/mol. The number of hydrogen-bond donors (Lipinski definition) is 1. The van der Waals surface area contributed by atoms with Gasteiger partial charge in [0.2, 0.25) is 0 Å². The molecule has 0 aliphatic carbocycles. The van der Waals surface area contributed by atoms with Gasteiger partial charge in [0.1, 0.15) is 0 Å². The highest BCUT2D eigenvalue weighted by Crippen LogP contribution is 2.22. The van der Waals surface area contributed by atoms with Crippen LogP contribution in [0.4, 0.5) is 0 Å². The Hall–Kier alpha value is -2.97. The normalized spacial score (nSPS) is 10.5. The Morgan fingerprint density at radius 1 is 1.18 bits per heavy atom. The number of halogens is 1. The molecular weight excluding hydrogens is 402 g/mol. The lowest BCUT2D eigenvalue weighted by molar-refractivity contribution is -0.123. The van der Waals surface area contributed by atoms with Crippen LogP contribution in [0.15, 0.2) is 41.8 Å². The van der Waals surface area contributed by atoms with Crippen molar-refractivity contribution in [3.05, 3.63) is 68.6 Å². The lowest BCUT2D eigenvalue weighted by Gasteiger charge is -2.07. The molecule has 2 aromatic heterocycles. The van der Waals surface area contributed by atoms with E-state index < -0.39 is 24.4 Å². The van der Waals surface area contributed by atoms with Crippen LogP contribution >= 0.6 is 22.9 Å². The zero-order valence-corrected chi connectivity index (χ0v) is 16.6. The molecule has 0 aliphatic rings. The quantitative estimate of drug-likeness (QED) is 0.643. The second kappa shape index (κ2) is 8.37. The first-order valence-electron chi connectivity index (χ1n) is 8.24. The predicted octanol–water partition coefficient (Wildman–Crippen LogP) is 3.32. The Bertz CT molecular complexity index is 1030. The number of carbonyl (C=O) groups is 3. The number of thiophene rings is 1. The van der Waals surface area contributed by atoms with E-state index in [1.165, 1.54) is 11.3 Å². The summed E-state index contributed by atoms with van der Waals surface area (Å²) in [5.41, 5.74) is 2.52. The largest absolute Gasteiger partial charge is 0.452 e. The van der Waals surface area contributed by atoms with Crippen LogP contribution < -0.4 is 5.32 Å². The van der Waals surface area contributed by atoms with E-state index in [1.807, 2.05) is 13.8 Å². The second-order valence-electron chi connectivity index (χ2n) is 5.87. The van der Waals surface area contributed by atoms with Gasteiger partial charge in [0.05, 0.1) is 32.5 Å². The van der Waals surface area contributed by atoms with Crippen LogP contribution in [-0.2, 0) is 9.53 Å². The Balaban J connectivity index is 1.58. The van der Waals surface area contributed by atoms with Crippen molar-refractivity contribution < 1.29 is 19.1 Å². The molecule has 2 heterocycles. The summed E-state index contributed by atoms with van der Waals surface area (Å²) >= 11 is 7.36. The van der Waals surface area contributed by atoms with Gasteiger partial charge in [0.25, 0.3) is 11.8 Å². The van der Waals surface area contributed by atoms with E-state index in [9.17, 15) is 14.4 Å². The van der Waals surface area contributed by atoms with Crippen LogP contribution in [0.25, 0.3) is 5.69 Å². The number of nitrogens with one attached hydrogen (secondary N) is 1. The molecule has 2 amide bonds. The van der Waals surface area contributed by atoms with Crippen molar-refractivity contribution in [1.29, 1.82) is 0 Å². The van der Waals surface area contributed by atoms with Gasteiger partial charge in [-0.2, -0.15) is 5.10 Å². The first-order valence-corrected chi connectivity index (χ1v) is 9.49. The first-order chi connectivity index (χ1) is 13.4. The van der Waals surface area contributed by atoms with Crippen LogP contribution in [0, 0.1) is 13.8 Å². The highest BCUT2D eigenvalue weighted by molar-refractivity contribution is 7.12. The van der Waals surface area contributed by atoms with Crippen molar-refractivity contribution in [1.82, 2.24) is 15.1 Å². The summed E-state index contributed by atoms with van der Waals surface area (Å²) in [6.07, 6.45) is 0. The van der Waals surface area contributed by atoms with Gasteiger partial charge in [0.15, 0.2) is 6.61 Å². The zero-order valence-electron chi connectivity index (χ0n) is 15.1. The molecule has 0 unspecified atom stereocenters. The minimum Gasteiger partial charge on any atom is -0.452 e. The third-order valence-electron chi connectivity index (χ3n) is 3.88. The fraction of sp³-hybridized carbons (Fsp3) is 0.158. The lowest BCUT2D eigenvalue weighted by atomic mass is 10.2. The summed E-state index contributed by atoms with van der Waals surface area (Å²) in [4.78, 5) is 36.1. The van der Waals surface area contributed by atoms with Gasteiger partial charge in [-0.3, -0.25) is 14.9 Å². The van der Waals surface area contributed by atoms with Crippen LogP contribution in [0.3, 0.4) is 0 Å². The van der Waals surface area contributed by atoms with Crippen molar-refractivity contribution in [2.24, 2.45) is 0 Å². The molecule has 144 valence electrons. The van der Waals surface area contributed by atoms with E-state index in [2.05, 4.69) is 10.4 Å². The molecule has 28 heavy (non-hydrogen) atoms. The summed E-state index contributed by atoms with van der Waals surface area (Å²) < 4.78 is 6.63. The van der Waals surface area contributed by atoms with Gasteiger partial charge < -0.3 is 4.74 Å². The molecule has 1 N–H and O–H groups in total. The number of hydrogen-bond acceptors (Lipinski definition) is 6. The number of nitrogens with zero attached hydrogens (tertiary/aromatic N) is 2. The van der Waals surface area contributed by atoms with Crippen LogP contribution in [-0.4, -0.2) is 34.2 Å². The highest BCUT2D eigenvalue weighted by atomic mass is 35.5. The second-order valence-corrected chi connectivity index (χ2v) is 7.20. The summed E-state index contributed by atoms with van der Waals surface area (Å²) in [5.74, 6) is -1.89. The van der Waals surface area contributed by atoms with Crippen molar-refractivity contribution in [2.45, 2.75) is 13.8 Å². The number of aromatic nitrogens is 2. The molecular formula is C19H16ClN3O4S. The van der Waals surface area contributed by atoms with E-state index in [0.29, 0.717) is 15.6 Å². The maximum absolute atomic E-state index is 12.1. The molecule has 0 saturated heterocycles. The van der Waals surface area contributed by atoms with Crippen molar-refractivity contribution >= 4 is 40.7 Å². The number of benzene rings is 1. The Morgan fingerprint density at radius 3 is 2.46 bits per heavy atom. The number of aryl methyl sites for hydroxylation is 1. The van der Waals surface area contributed by atoms with E-state index >= 15 is 0 Å². The van der Waals surface area contributed by atoms with Crippen LogP contribution in [0.5, 0.6) is 0 Å². The molecule has 3 aromatic rings. The molecule has 0 radical (unpaired) electrons.